The summed E-state index contributed by atoms with van der Waals surface area (Å²) in [6, 6.07) is 7.74. The maximum Gasteiger partial charge on any atom is 0.335 e. The van der Waals surface area contributed by atoms with Crippen molar-refractivity contribution < 1.29 is 62.1 Å². The molecule has 0 aliphatic rings. The van der Waals surface area contributed by atoms with Gasteiger partial charge < -0.3 is 52.5 Å². The van der Waals surface area contributed by atoms with Gasteiger partial charge in [-0.1, -0.05) is 78.8 Å². The number of carbonyl (C=O) groups excluding carboxylic acids is 1. The van der Waals surface area contributed by atoms with Gasteiger partial charge in [-0.25, -0.2) is 4.79 Å². The summed E-state index contributed by atoms with van der Waals surface area (Å²) in [6.45, 7) is 21.9. The first-order chi connectivity index (χ1) is 26.3. The zero-order chi connectivity index (χ0) is 42.5. The standard InChI is InChI=1S/C42H74O13Si/c1-14-31(26-51-29-50-20-19-47-9)21-30(3)35(43)24-34(55-56(12,13)41(4,5)6)25-37(54-38(44)15-2)42(7,8)33-18-16-17-32(22-33)23-36(52-27-48-10)39(40(45)46)53-28-49-11/h16-18,21-22,31,34-37,39,43H,14-15,19-20,23-29H2,1-13H3,(H,45,46). The fourth-order valence-corrected chi connectivity index (χ4v) is 7.20. The molecular formula is C42H74O13Si. The van der Waals surface area contributed by atoms with Gasteiger partial charge in [0.05, 0.1) is 32.0 Å². The Morgan fingerprint density at radius 1 is 0.893 bits per heavy atom. The normalized spacial score (nSPS) is 16.2. The van der Waals surface area contributed by atoms with Gasteiger partial charge in [-0.2, -0.15) is 0 Å². The Morgan fingerprint density at radius 2 is 1.55 bits per heavy atom. The molecule has 1 aromatic rings. The van der Waals surface area contributed by atoms with Gasteiger partial charge in [0.15, 0.2) is 14.4 Å². The zero-order valence-electron chi connectivity index (χ0n) is 36.5. The number of benzene rings is 1. The van der Waals surface area contributed by atoms with Crippen LogP contribution in [0.1, 0.15) is 92.2 Å². The number of hydrogen-bond donors (Lipinski definition) is 2. The largest absolute Gasteiger partial charge is 0.479 e. The van der Waals surface area contributed by atoms with Crippen LogP contribution in [-0.4, -0.2) is 123 Å². The lowest BCUT2D eigenvalue weighted by atomic mass is 9.76. The van der Waals surface area contributed by atoms with Crippen molar-refractivity contribution in [2.24, 2.45) is 5.92 Å². The fourth-order valence-electron chi connectivity index (χ4n) is 5.82. The molecule has 0 aromatic heterocycles. The molecule has 0 spiro atoms. The van der Waals surface area contributed by atoms with E-state index in [0.717, 1.165) is 23.1 Å². The van der Waals surface area contributed by atoms with Crippen molar-refractivity contribution in [1.29, 1.82) is 0 Å². The molecule has 1 aromatic carbocycles. The van der Waals surface area contributed by atoms with Gasteiger partial charge >= 0.3 is 11.9 Å². The van der Waals surface area contributed by atoms with Crippen molar-refractivity contribution in [1.82, 2.24) is 0 Å². The zero-order valence-corrected chi connectivity index (χ0v) is 37.5. The average Bonchev–Trinajstić information content (AvgIpc) is 3.13. The lowest BCUT2D eigenvalue weighted by molar-refractivity contribution is -0.184. The van der Waals surface area contributed by atoms with Gasteiger partial charge in [-0.15, -0.1) is 0 Å². The number of aliphatic hydroxyl groups is 1. The minimum atomic E-state index is -2.37. The van der Waals surface area contributed by atoms with Crippen molar-refractivity contribution in [3.63, 3.8) is 0 Å². The van der Waals surface area contributed by atoms with Gasteiger partial charge in [0, 0.05) is 58.3 Å². The van der Waals surface area contributed by atoms with Crippen LogP contribution in [0.15, 0.2) is 35.9 Å². The molecule has 0 saturated carbocycles. The van der Waals surface area contributed by atoms with Crippen LogP contribution in [0.2, 0.25) is 18.1 Å². The topological polar surface area (TPSA) is 158 Å². The molecular weight excluding hydrogens is 741 g/mol. The van der Waals surface area contributed by atoms with E-state index in [2.05, 4.69) is 46.9 Å². The third-order valence-corrected chi connectivity index (χ3v) is 15.1. The van der Waals surface area contributed by atoms with Crippen LogP contribution in [0.4, 0.5) is 0 Å². The molecule has 56 heavy (non-hydrogen) atoms. The number of methoxy groups -OCH3 is 3. The van der Waals surface area contributed by atoms with Gasteiger partial charge in [0.1, 0.15) is 32.6 Å². The third-order valence-electron chi connectivity index (χ3n) is 10.5. The van der Waals surface area contributed by atoms with Gasteiger partial charge in [-0.3, -0.25) is 4.79 Å². The van der Waals surface area contributed by atoms with E-state index in [-0.39, 0.29) is 50.1 Å². The molecule has 0 aliphatic heterocycles. The van der Waals surface area contributed by atoms with Crippen LogP contribution in [-0.2, 0) is 63.7 Å². The van der Waals surface area contributed by atoms with Crippen molar-refractivity contribution in [2.75, 3.05) is 61.5 Å². The van der Waals surface area contributed by atoms with E-state index in [1.807, 2.05) is 45.0 Å². The number of hydrogen-bond acceptors (Lipinski definition) is 12. The number of aliphatic carboxylic acids is 1. The molecule has 14 heteroatoms. The first-order valence-electron chi connectivity index (χ1n) is 19.7. The summed E-state index contributed by atoms with van der Waals surface area (Å²) in [5.74, 6) is -1.45. The van der Waals surface area contributed by atoms with Crippen molar-refractivity contribution >= 4 is 20.3 Å². The lowest BCUT2D eigenvalue weighted by Gasteiger charge is -2.42. The Morgan fingerprint density at radius 3 is 2.12 bits per heavy atom. The molecule has 0 saturated heterocycles. The Bertz CT molecular complexity index is 1300. The summed E-state index contributed by atoms with van der Waals surface area (Å²) in [5.41, 5.74) is 1.76. The molecule has 0 bridgehead atoms. The van der Waals surface area contributed by atoms with Crippen molar-refractivity contribution in [3.8, 4) is 0 Å². The quantitative estimate of drug-likeness (QED) is 0.0268. The highest BCUT2D eigenvalue weighted by molar-refractivity contribution is 6.74. The summed E-state index contributed by atoms with van der Waals surface area (Å²) < 4.78 is 50.8. The van der Waals surface area contributed by atoms with Crippen LogP contribution in [0.3, 0.4) is 0 Å². The fraction of sp³-hybridized carbons (Fsp3) is 0.762. The van der Waals surface area contributed by atoms with Crippen molar-refractivity contribution in [3.05, 3.63) is 47.0 Å². The van der Waals surface area contributed by atoms with Gasteiger partial charge in [0.25, 0.3) is 0 Å². The molecule has 0 radical (unpaired) electrons. The van der Waals surface area contributed by atoms with Crippen LogP contribution in [0, 0.1) is 5.92 Å². The Labute approximate surface area is 337 Å². The van der Waals surface area contributed by atoms with E-state index in [1.54, 1.807) is 14.0 Å². The highest BCUT2D eigenvalue weighted by Crippen LogP contribution is 2.40. The predicted octanol–water partition coefficient (Wildman–Crippen LogP) is 7.03. The Hall–Kier alpha value is -2.24. The van der Waals surface area contributed by atoms with E-state index in [4.69, 9.17) is 42.3 Å². The molecule has 13 nitrogen and oxygen atoms in total. The Balaban J connectivity index is 3.53. The average molecular weight is 815 g/mol. The summed E-state index contributed by atoms with van der Waals surface area (Å²) in [7, 11) is 2.13. The van der Waals surface area contributed by atoms with E-state index in [9.17, 15) is 19.8 Å². The number of carbonyl (C=O) groups is 2. The lowest BCUT2D eigenvalue weighted by Crippen LogP contribution is -2.47. The minimum Gasteiger partial charge on any atom is -0.479 e. The summed E-state index contributed by atoms with van der Waals surface area (Å²) in [4.78, 5) is 25.2. The third kappa shape index (κ3) is 18.1. The molecule has 6 atom stereocenters. The first kappa shape index (κ1) is 51.8. The second-order valence-electron chi connectivity index (χ2n) is 16.4. The number of carboxylic acid groups (broad SMARTS) is 1. The van der Waals surface area contributed by atoms with Gasteiger partial charge in [0.2, 0.25) is 0 Å². The summed E-state index contributed by atoms with van der Waals surface area (Å²) >= 11 is 0. The van der Waals surface area contributed by atoms with E-state index < -0.39 is 50.2 Å². The van der Waals surface area contributed by atoms with Crippen molar-refractivity contribution in [2.45, 2.75) is 142 Å². The first-order valence-corrected chi connectivity index (χ1v) is 22.6. The Kier molecular flexibility index (Phi) is 24.0. The van der Waals surface area contributed by atoms with Crippen LogP contribution in [0.25, 0.3) is 0 Å². The number of rotatable bonds is 30. The monoisotopic (exact) mass is 814 g/mol. The van der Waals surface area contributed by atoms with E-state index in [0.29, 0.717) is 32.7 Å². The molecule has 1 rings (SSSR count). The predicted molar refractivity (Wildman–Crippen MR) is 218 cm³/mol. The maximum atomic E-state index is 13.1. The molecule has 2 N–H and O–H groups in total. The highest BCUT2D eigenvalue weighted by Gasteiger charge is 2.43. The van der Waals surface area contributed by atoms with Gasteiger partial charge in [-0.05, 0) is 48.2 Å². The maximum absolute atomic E-state index is 13.1. The number of esters is 1. The molecule has 6 unspecified atom stereocenters. The second-order valence-corrected chi connectivity index (χ2v) is 21.1. The SMILES string of the molecule is CCC(=O)OC(CC(CC(O)C(C)=CC(CC)COCOCCOC)O[Si](C)(C)C(C)(C)C)C(C)(C)c1cccc(CC(OCOC)C(OCOC)C(=O)O)c1. The number of ether oxygens (including phenoxy) is 8. The van der Waals surface area contributed by atoms with E-state index >= 15 is 0 Å². The second kappa shape index (κ2) is 26.0. The summed E-state index contributed by atoms with van der Waals surface area (Å²) in [6.07, 6.45) is -0.161. The number of aliphatic hydroxyl groups excluding tert-OH is 1. The number of carboxylic acids is 1. The van der Waals surface area contributed by atoms with Crippen LogP contribution >= 0.6 is 0 Å². The minimum absolute atomic E-state index is 0.0803. The molecule has 0 heterocycles. The summed E-state index contributed by atoms with van der Waals surface area (Å²) in [5, 5.41) is 21.5. The van der Waals surface area contributed by atoms with Crippen LogP contribution < -0.4 is 0 Å². The molecule has 0 amide bonds. The molecule has 0 aliphatic carbocycles. The molecule has 0 fully saturated rings. The smallest absolute Gasteiger partial charge is 0.335 e. The highest BCUT2D eigenvalue weighted by atomic mass is 28.4. The van der Waals surface area contributed by atoms with E-state index in [1.165, 1.54) is 14.2 Å². The van der Waals surface area contributed by atoms with Crippen LogP contribution in [0.5, 0.6) is 0 Å². The molecule has 324 valence electrons.